The first-order valence-corrected chi connectivity index (χ1v) is 13.6. The Morgan fingerprint density at radius 2 is 2.06 bits per heavy atom. The Morgan fingerprint density at radius 3 is 2.79 bits per heavy atom. The monoisotopic (exact) mass is 486 g/mol. The molecule has 6 nitrogen and oxygen atoms in total. The summed E-state index contributed by atoms with van der Waals surface area (Å²) in [6.07, 6.45) is 3.63. The lowest BCUT2D eigenvalue weighted by Gasteiger charge is -2.15. The molecule has 0 fully saturated rings. The van der Waals surface area contributed by atoms with Gasteiger partial charge in [0, 0.05) is 24.9 Å². The van der Waals surface area contributed by atoms with E-state index >= 15 is 0 Å². The number of hydrogen-bond acceptors (Lipinski definition) is 6. The molecule has 0 radical (unpaired) electrons. The quantitative estimate of drug-likeness (QED) is 0.454. The molecule has 4 rings (SSSR count). The number of sulfonamides is 1. The SMILES string of the molecule is COCCS(=O)(=O)NC1CCc2c(-c3cnc(-c4ccc(OC(C)C)c(C)c4)s3)cccc21. The molecule has 1 aliphatic rings. The van der Waals surface area contributed by atoms with E-state index in [1.54, 1.807) is 11.3 Å². The summed E-state index contributed by atoms with van der Waals surface area (Å²) in [7, 11) is -1.88. The van der Waals surface area contributed by atoms with Crippen molar-refractivity contribution in [2.75, 3.05) is 19.5 Å². The summed E-state index contributed by atoms with van der Waals surface area (Å²) in [5.41, 5.74) is 5.53. The van der Waals surface area contributed by atoms with E-state index in [-0.39, 0.29) is 24.5 Å². The van der Waals surface area contributed by atoms with Gasteiger partial charge >= 0.3 is 0 Å². The zero-order valence-electron chi connectivity index (χ0n) is 19.4. The normalized spacial score (nSPS) is 15.7. The van der Waals surface area contributed by atoms with Crippen molar-refractivity contribution in [3.8, 4) is 26.8 Å². The van der Waals surface area contributed by atoms with Crippen LogP contribution in [0.2, 0.25) is 0 Å². The van der Waals surface area contributed by atoms with Crippen LogP contribution in [0.15, 0.2) is 42.6 Å². The fourth-order valence-electron chi connectivity index (χ4n) is 4.18. The number of hydrogen-bond donors (Lipinski definition) is 1. The Bertz CT molecular complexity index is 1230. The Kier molecular flexibility index (Phi) is 7.19. The van der Waals surface area contributed by atoms with E-state index in [1.165, 1.54) is 12.7 Å². The molecule has 1 aliphatic carbocycles. The topological polar surface area (TPSA) is 77.5 Å². The Hall–Kier alpha value is -2.26. The maximum atomic E-state index is 12.4. The van der Waals surface area contributed by atoms with Gasteiger partial charge in [-0.15, -0.1) is 11.3 Å². The summed E-state index contributed by atoms with van der Waals surface area (Å²) in [5, 5.41) is 0.955. The summed E-state index contributed by atoms with van der Waals surface area (Å²) in [4.78, 5) is 5.77. The molecule has 176 valence electrons. The second kappa shape index (κ2) is 9.93. The molecular formula is C25H30N2O4S2. The van der Waals surface area contributed by atoms with Crippen LogP contribution in [0, 0.1) is 6.92 Å². The van der Waals surface area contributed by atoms with Crippen LogP contribution in [0.3, 0.4) is 0 Å². The van der Waals surface area contributed by atoms with Gasteiger partial charge < -0.3 is 9.47 Å². The molecule has 1 unspecified atom stereocenters. The van der Waals surface area contributed by atoms with E-state index in [1.807, 2.05) is 51.2 Å². The molecule has 0 spiro atoms. The number of aromatic nitrogens is 1. The van der Waals surface area contributed by atoms with Gasteiger partial charge in [0.05, 0.1) is 23.3 Å². The third-order valence-electron chi connectivity index (χ3n) is 5.70. The molecule has 0 saturated heterocycles. The molecule has 33 heavy (non-hydrogen) atoms. The summed E-state index contributed by atoms with van der Waals surface area (Å²) in [6, 6.07) is 12.1. The maximum absolute atomic E-state index is 12.4. The molecule has 0 aliphatic heterocycles. The second-order valence-corrected chi connectivity index (χ2v) is 11.5. The predicted molar refractivity (Wildman–Crippen MR) is 133 cm³/mol. The minimum Gasteiger partial charge on any atom is -0.491 e. The Labute approximate surface area is 200 Å². The van der Waals surface area contributed by atoms with Gasteiger partial charge in [-0.25, -0.2) is 18.1 Å². The number of thiazole rings is 1. The molecule has 0 amide bonds. The van der Waals surface area contributed by atoms with E-state index in [0.717, 1.165) is 50.7 Å². The highest BCUT2D eigenvalue weighted by Gasteiger charge is 2.28. The van der Waals surface area contributed by atoms with E-state index < -0.39 is 10.0 Å². The average molecular weight is 487 g/mol. The minimum absolute atomic E-state index is 0.0341. The van der Waals surface area contributed by atoms with Crippen molar-refractivity contribution < 1.29 is 17.9 Å². The third-order valence-corrected chi connectivity index (χ3v) is 8.13. The fraction of sp³-hybridized carbons (Fsp3) is 0.400. The lowest BCUT2D eigenvalue weighted by Crippen LogP contribution is -2.31. The first kappa shape index (κ1) is 23.9. The van der Waals surface area contributed by atoms with Gasteiger partial charge in [-0.2, -0.15) is 0 Å². The van der Waals surface area contributed by atoms with Crippen LogP contribution in [0.1, 0.15) is 43.0 Å². The first-order chi connectivity index (χ1) is 15.8. The predicted octanol–water partition coefficient (Wildman–Crippen LogP) is 5.13. The lowest BCUT2D eigenvalue weighted by molar-refractivity contribution is 0.216. The highest BCUT2D eigenvalue weighted by atomic mass is 32.2. The summed E-state index contributed by atoms with van der Waals surface area (Å²) in [6.45, 7) is 6.28. The molecule has 8 heteroatoms. The number of fused-ring (bicyclic) bond motifs is 1. The number of ether oxygens (including phenoxy) is 2. The van der Waals surface area contributed by atoms with E-state index in [9.17, 15) is 8.42 Å². The lowest BCUT2D eigenvalue weighted by atomic mass is 10.0. The molecule has 2 aromatic carbocycles. The number of benzene rings is 2. The van der Waals surface area contributed by atoms with Crippen LogP contribution in [0.4, 0.5) is 0 Å². The van der Waals surface area contributed by atoms with Crippen LogP contribution < -0.4 is 9.46 Å². The van der Waals surface area contributed by atoms with Gasteiger partial charge in [0.2, 0.25) is 10.0 Å². The number of nitrogens with zero attached hydrogens (tertiary/aromatic N) is 1. The van der Waals surface area contributed by atoms with Crippen molar-refractivity contribution >= 4 is 21.4 Å². The molecule has 0 saturated carbocycles. The minimum atomic E-state index is -3.39. The van der Waals surface area contributed by atoms with E-state index in [4.69, 9.17) is 9.47 Å². The summed E-state index contributed by atoms with van der Waals surface area (Å²) < 4.78 is 38.4. The molecule has 3 aromatic rings. The Morgan fingerprint density at radius 1 is 1.24 bits per heavy atom. The third kappa shape index (κ3) is 5.46. The summed E-state index contributed by atoms with van der Waals surface area (Å²) >= 11 is 1.65. The van der Waals surface area contributed by atoms with Crippen LogP contribution in [0.25, 0.3) is 21.0 Å². The van der Waals surface area contributed by atoms with Crippen molar-refractivity contribution in [1.82, 2.24) is 9.71 Å². The largest absolute Gasteiger partial charge is 0.491 e. The van der Waals surface area contributed by atoms with Crippen LogP contribution in [0.5, 0.6) is 5.75 Å². The fourth-order valence-corrected chi connectivity index (χ4v) is 6.32. The van der Waals surface area contributed by atoms with Gasteiger partial charge in [-0.3, -0.25) is 0 Å². The maximum Gasteiger partial charge on any atom is 0.214 e. The van der Waals surface area contributed by atoms with Gasteiger partial charge in [0.25, 0.3) is 0 Å². The Balaban J connectivity index is 1.58. The molecule has 1 atom stereocenters. The van der Waals surface area contributed by atoms with Crippen molar-refractivity contribution in [3.05, 3.63) is 59.3 Å². The second-order valence-electron chi connectivity index (χ2n) is 8.57. The first-order valence-electron chi connectivity index (χ1n) is 11.1. The van der Waals surface area contributed by atoms with Crippen LogP contribution in [-0.4, -0.2) is 39.0 Å². The highest BCUT2D eigenvalue weighted by Crippen LogP contribution is 2.41. The molecule has 1 heterocycles. The van der Waals surface area contributed by atoms with Gasteiger partial charge in [-0.05, 0) is 74.1 Å². The van der Waals surface area contributed by atoms with Gasteiger partial charge in [0.1, 0.15) is 10.8 Å². The molecule has 0 bridgehead atoms. The zero-order valence-corrected chi connectivity index (χ0v) is 21.1. The number of rotatable bonds is 9. The van der Waals surface area contributed by atoms with Crippen LogP contribution in [-0.2, 0) is 21.2 Å². The van der Waals surface area contributed by atoms with Crippen molar-refractivity contribution in [2.24, 2.45) is 0 Å². The van der Waals surface area contributed by atoms with Gasteiger partial charge in [0.15, 0.2) is 0 Å². The average Bonchev–Trinajstić information content (AvgIpc) is 3.41. The zero-order chi connectivity index (χ0) is 23.6. The number of methoxy groups -OCH3 is 1. The van der Waals surface area contributed by atoms with Crippen molar-refractivity contribution in [2.45, 2.75) is 45.8 Å². The van der Waals surface area contributed by atoms with Crippen LogP contribution >= 0.6 is 11.3 Å². The van der Waals surface area contributed by atoms with E-state index in [0.29, 0.717) is 0 Å². The molecular weight excluding hydrogens is 456 g/mol. The standard InChI is InChI=1S/C25H30N2O4S2/c1-16(2)31-23-11-8-18(14-17(23)3)25-26-15-24(32-25)21-7-5-6-20-19(21)9-10-22(20)27-33(28,29)13-12-30-4/h5-8,11,14-16,22,27H,9-10,12-13H2,1-4H3. The number of aryl methyl sites for hydroxylation is 1. The number of nitrogens with one attached hydrogen (secondary N) is 1. The van der Waals surface area contributed by atoms with Gasteiger partial charge in [-0.1, -0.05) is 18.2 Å². The highest BCUT2D eigenvalue weighted by molar-refractivity contribution is 7.89. The van der Waals surface area contributed by atoms with Crippen molar-refractivity contribution in [3.63, 3.8) is 0 Å². The summed E-state index contributed by atoms with van der Waals surface area (Å²) in [5.74, 6) is 0.860. The van der Waals surface area contributed by atoms with E-state index in [2.05, 4.69) is 21.8 Å². The smallest absolute Gasteiger partial charge is 0.214 e. The molecule has 1 N–H and O–H groups in total. The van der Waals surface area contributed by atoms with Crippen molar-refractivity contribution in [1.29, 1.82) is 0 Å². The molecule has 1 aromatic heterocycles.